The number of rotatable bonds is 3. The predicted molar refractivity (Wildman–Crippen MR) is 61.5 cm³/mol. The maximum Gasteiger partial charge on any atom is 0.127 e. The van der Waals surface area contributed by atoms with Gasteiger partial charge in [-0.15, -0.1) is 0 Å². The molecule has 1 fully saturated rings. The van der Waals surface area contributed by atoms with Gasteiger partial charge < -0.3 is 5.11 Å². The van der Waals surface area contributed by atoms with Gasteiger partial charge in [-0.05, 0) is 32.4 Å². The van der Waals surface area contributed by atoms with E-state index in [4.69, 9.17) is 0 Å². The Morgan fingerprint density at radius 3 is 2.75 bits per heavy atom. The molecule has 16 heavy (non-hydrogen) atoms. The van der Waals surface area contributed by atoms with Crippen molar-refractivity contribution in [1.29, 1.82) is 0 Å². The van der Waals surface area contributed by atoms with Gasteiger partial charge in [-0.2, -0.15) is 0 Å². The first-order valence-corrected chi connectivity index (χ1v) is 5.78. The molecule has 3 heteroatoms. The fourth-order valence-electron chi connectivity index (χ4n) is 2.36. The van der Waals surface area contributed by atoms with Gasteiger partial charge in [0.1, 0.15) is 5.82 Å². The van der Waals surface area contributed by atoms with Crippen LogP contribution >= 0.6 is 0 Å². The van der Waals surface area contributed by atoms with Gasteiger partial charge in [0.25, 0.3) is 0 Å². The Hall–Kier alpha value is -0.930. The highest BCUT2D eigenvalue weighted by Crippen LogP contribution is 2.24. The normalized spacial score (nSPS) is 25.2. The Kier molecular flexibility index (Phi) is 3.56. The van der Waals surface area contributed by atoms with E-state index in [1.54, 1.807) is 6.07 Å². The summed E-state index contributed by atoms with van der Waals surface area (Å²) in [7, 11) is 2.00. The van der Waals surface area contributed by atoms with Crippen LogP contribution < -0.4 is 0 Å². The van der Waals surface area contributed by atoms with Crippen molar-refractivity contribution >= 4 is 0 Å². The lowest BCUT2D eigenvalue weighted by Crippen LogP contribution is -2.29. The average molecular weight is 223 g/mol. The van der Waals surface area contributed by atoms with Gasteiger partial charge in [-0.1, -0.05) is 18.2 Å². The molecule has 0 spiro atoms. The summed E-state index contributed by atoms with van der Waals surface area (Å²) in [6.07, 6.45) is 2.51. The fraction of sp³-hybridized carbons (Fsp3) is 0.538. The van der Waals surface area contributed by atoms with Gasteiger partial charge in [-0.25, -0.2) is 4.39 Å². The van der Waals surface area contributed by atoms with Gasteiger partial charge in [0.15, 0.2) is 0 Å². The summed E-state index contributed by atoms with van der Waals surface area (Å²) in [4.78, 5) is 2.13. The summed E-state index contributed by atoms with van der Waals surface area (Å²) in [5.41, 5.74) is 0.728. The molecule has 0 saturated heterocycles. The minimum absolute atomic E-state index is 0.145. The topological polar surface area (TPSA) is 23.5 Å². The standard InChI is InChI=1S/C13H18FNO/c1-15(11-6-7-12(16)8-11)9-10-4-2-3-5-13(10)14/h2-5,11-12,16H,6-9H2,1H3. The SMILES string of the molecule is CN(Cc1ccccc1F)C1CCC(O)C1. The first-order chi connectivity index (χ1) is 7.66. The second-order valence-corrected chi connectivity index (χ2v) is 4.63. The molecule has 1 N–H and O–H groups in total. The van der Waals surface area contributed by atoms with E-state index in [-0.39, 0.29) is 11.9 Å². The summed E-state index contributed by atoms with van der Waals surface area (Å²) in [5, 5.41) is 9.47. The van der Waals surface area contributed by atoms with Gasteiger partial charge >= 0.3 is 0 Å². The number of hydrogen-bond donors (Lipinski definition) is 1. The van der Waals surface area contributed by atoms with Crippen molar-refractivity contribution in [2.45, 2.75) is 38.0 Å². The summed E-state index contributed by atoms with van der Waals surface area (Å²) < 4.78 is 13.4. The number of nitrogens with zero attached hydrogens (tertiary/aromatic N) is 1. The van der Waals surface area contributed by atoms with Gasteiger partial charge in [-0.3, -0.25) is 4.90 Å². The van der Waals surface area contributed by atoms with E-state index in [2.05, 4.69) is 4.90 Å². The number of halogens is 1. The van der Waals surface area contributed by atoms with Crippen molar-refractivity contribution < 1.29 is 9.50 Å². The van der Waals surface area contributed by atoms with E-state index in [0.717, 1.165) is 24.8 Å². The van der Waals surface area contributed by atoms with Crippen LogP contribution in [0.15, 0.2) is 24.3 Å². The number of hydrogen-bond acceptors (Lipinski definition) is 2. The lowest BCUT2D eigenvalue weighted by Gasteiger charge is -2.24. The zero-order valence-corrected chi connectivity index (χ0v) is 9.56. The predicted octanol–water partition coefficient (Wildman–Crippen LogP) is 2.17. The lowest BCUT2D eigenvalue weighted by molar-refractivity contribution is 0.160. The van der Waals surface area contributed by atoms with Crippen LogP contribution in [0.3, 0.4) is 0 Å². The molecule has 0 bridgehead atoms. The maximum atomic E-state index is 13.4. The molecule has 88 valence electrons. The minimum atomic E-state index is -0.173. The lowest BCUT2D eigenvalue weighted by atomic mass is 10.1. The minimum Gasteiger partial charge on any atom is -0.393 e. The van der Waals surface area contributed by atoms with Crippen LogP contribution in [0.5, 0.6) is 0 Å². The van der Waals surface area contributed by atoms with Crippen LogP contribution in [0.2, 0.25) is 0 Å². The van der Waals surface area contributed by atoms with Crippen molar-refractivity contribution in [3.8, 4) is 0 Å². The highest BCUT2D eigenvalue weighted by atomic mass is 19.1. The third kappa shape index (κ3) is 2.60. The molecule has 1 aromatic carbocycles. The van der Waals surface area contributed by atoms with Crippen LogP contribution in [-0.4, -0.2) is 29.2 Å². The van der Waals surface area contributed by atoms with E-state index in [9.17, 15) is 9.50 Å². The number of benzene rings is 1. The molecule has 0 aromatic heterocycles. The Morgan fingerprint density at radius 1 is 1.38 bits per heavy atom. The Balaban J connectivity index is 1.97. The van der Waals surface area contributed by atoms with E-state index >= 15 is 0 Å². The van der Waals surface area contributed by atoms with Crippen molar-refractivity contribution in [2.24, 2.45) is 0 Å². The summed E-state index contributed by atoms with van der Waals surface area (Å²) in [5.74, 6) is -0.145. The molecule has 0 amide bonds. The molecule has 2 rings (SSSR count). The van der Waals surface area contributed by atoms with Crippen molar-refractivity contribution in [3.63, 3.8) is 0 Å². The first kappa shape index (κ1) is 11.6. The molecular formula is C13H18FNO. The molecule has 2 nitrogen and oxygen atoms in total. The highest BCUT2D eigenvalue weighted by molar-refractivity contribution is 5.17. The van der Waals surface area contributed by atoms with Crippen molar-refractivity contribution in [1.82, 2.24) is 4.90 Å². The monoisotopic (exact) mass is 223 g/mol. The maximum absolute atomic E-state index is 13.4. The van der Waals surface area contributed by atoms with E-state index < -0.39 is 0 Å². The Labute approximate surface area is 95.7 Å². The molecule has 0 heterocycles. The largest absolute Gasteiger partial charge is 0.393 e. The Bertz CT molecular complexity index is 356. The quantitative estimate of drug-likeness (QED) is 0.849. The molecule has 1 aliphatic carbocycles. The van der Waals surface area contributed by atoms with Gasteiger partial charge in [0, 0.05) is 18.2 Å². The molecule has 1 saturated carbocycles. The van der Waals surface area contributed by atoms with Crippen LogP contribution in [0.1, 0.15) is 24.8 Å². The first-order valence-electron chi connectivity index (χ1n) is 5.78. The van der Waals surface area contributed by atoms with Gasteiger partial charge in [0.05, 0.1) is 6.10 Å². The van der Waals surface area contributed by atoms with Crippen LogP contribution in [0, 0.1) is 5.82 Å². The van der Waals surface area contributed by atoms with E-state index in [0.29, 0.717) is 12.6 Å². The number of aliphatic hydroxyl groups excluding tert-OH is 1. The van der Waals surface area contributed by atoms with Crippen LogP contribution in [0.4, 0.5) is 4.39 Å². The highest BCUT2D eigenvalue weighted by Gasteiger charge is 2.26. The number of aliphatic hydroxyl groups is 1. The molecule has 1 aliphatic rings. The summed E-state index contributed by atoms with van der Waals surface area (Å²) >= 11 is 0. The second-order valence-electron chi connectivity index (χ2n) is 4.63. The summed E-state index contributed by atoms with van der Waals surface area (Å²) in [6.45, 7) is 0.615. The smallest absolute Gasteiger partial charge is 0.127 e. The molecule has 0 aliphatic heterocycles. The second kappa shape index (κ2) is 4.93. The van der Waals surface area contributed by atoms with Gasteiger partial charge in [0.2, 0.25) is 0 Å². The zero-order valence-electron chi connectivity index (χ0n) is 9.56. The Morgan fingerprint density at radius 2 is 2.12 bits per heavy atom. The van der Waals surface area contributed by atoms with Crippen LogP contribution in [0.25, 0.3) is 0 Å². The van der Waals surface area contributed by atoms with Crippen LogP contribution in [-0.2, 0) is 6.54 Å². The van der Waals surface area contributed by atoms with Crippen molar-refractivity contribution in [3.05, 3.63) is 35.6 Å². The summed E-state index contributed by atoms with van der Waals surface area (Å²) in [6, 6.07) is 7.26. The molecule has 1 aromatic rings. The van der Waals surface area contributed by atoms with Crippen molar-refractivity contribution in [2.75, 3.05) is 7.05 Å². The molecule has 2 unspecified atom stereocenters. The third-order valence-electron chi connectivity index (χ3n) is 3.38. The molecule has 0 radical (unpaired) electrons. The third-order valence-corrected chi connectivity index (χ3v) is 3.38. The fourth-order valence-corrected chi connectivity index (χ4v) is 2.36. The average Bonchev–Trinajstić information content (AvgIpc) is 2.68. The van der Waals surface area contributed by atoms with E-state index in [1.165, 1.54) is 6.07 Å². The van der Waals surface area contributed by atoms with E-state index in [1.807, 2.05) is 19.2 Å². The molecular weight excluding hydrogens is 205 g/mol. The molecule has 2 atom stereocenters. The zero-order chi connectivity index (χ0) is 11.5.